The first kappa shape index (κ1) is 16.5. The number of fused-ring (bicyclic) bond motifs is 1. The van der Waals surface area contributed by atoms with Crippen molar-refractivity contribution in [2.75, 3.05) is 25.9 Å². The summed E-state index contributed by atoms with van der Waals surface area (Å²) in [6, 6.07) is 0. The molecule has 0 unspecified atom stereocenters. The van der Waals surface area contributed by atoms with Crippen LogP contribution in [0.1, 0.15) is 6.92 Å². The number of likely N-dealkylation sites (N-methyl/N-ethyl adjacent to an activating group) is 1. The van der Waals surface area contributed by atoms with E-state index in [4.69, 9.17) is 23.1 Å². The maximum Gasteiger partial charge on any atom is 0.294 e. The van der Waals surface area contributed by atoms with Crippen molar-refractivity contribution in [1.29, 1.82) is 0 Å². The lowest BCUT2D eigenvalue weighted by atomic mass is 10.0. The molecule has 2 heterocycles. The minimum Gasteiger partial charge on any atom is -0.396 e. The number of carbonyl (C=O) groups is 1. The Bertz CT molecular complexity index is 873. The molecule has 0 spiro atoms. The summed E-state index contributed by atoms with van der Waals surface area (Å²) in [6.07, 6.45) is 1.52. The van der Waals surface area contributed by atoms with Gasteiger partial charge in [-0.1, -0.05) is 11.6 Å². The van der Waals surface area contributed by atoms with Gasteiger partial charge in [0.15, 0.2) is 11.5 Å². The SMILES string of the molecule is CC1=CC(=Nc2c(N)n3n(c2=O)CCN(C)CC3)C(N)=C(Cl)C1=O. The first-order chi connectivity index (χ1) is 11.3. The van der Waals surface area contributed by atoms with Gasteiger partial charge in [-0.25, -0.2) is 9.67 Å². The predicted molar refractivity (Wildman–Crippen MR) is 93.5 cm³/mol. The van der Waals surface area contributed by atoms with E-state index in [0.29, 0.717) is 18.7 Å². The number of aromatic nitrogens is 2. The molecule has 0 aromatic carbocycles. The Morgan fingerprint density at radius 2 is 1.75 bits per heavy atom. The van der Waals surface area contributed by atoms with Crippen LogP contribution in [0.4, 0.5) is 11.5 Å². The van der Waals surface area contributed by atoms with Gasteiger partial charge in [0.25, 0.3) is 5.56 Å². The predicted octanol–water partition coefficient (Wildman–Crippen LogP) is 0.188. The lowest BCUT2D eigenvalue weighted by Crippen LogP contribution is -2.25. The van der Waals surface area contributed by atoms with Crippen LogP contribution < -0.4 is 17.0 Å². The molecular weight excluding hydrogens is 332 g/mol. The number of Topliss-reactive ketones (excluding diaryl/α,β-unsaturated/α-hetero) is 1. The third-order valence-electron chi connectivity index (χ3n) is 4.29. The number of hydrogen-bond donors (Lipinski definition) is 2. The van der Waals surface area contributed by atoms with Crippen LogP contribution in [0.15, 0.2) is 32.2 Å². The summed E-state index contributed by atoms with van der Waals surface area (Å²) in [4.78, 5) is 30.9. The molecule has 1 aromatic rings. The average Bonchev–Trinajstić information content (AvgIpc) is 2.69. The highest BCUT2D eigenvalue weighted by Gasteiger charge is 2.25. The van der Waals surface area contributed by atoms with Crippen molar-refractivity contribution in [2.45, 2.75) is 20.0 Å². The normalized spacial score (nSPS) is 21.0. The van der Waals surface area contributed by atoms with Crippen LogP contribution in [0, 0.1) is 0 Å². The molecule has 24 heavy (non-hydrogen) atoms. The number of nitrogen functional groups attached to an aromatic ring is 1. The summed E-state index contributed by atoms with van der Waals surface area (Å²) >= 11 is 5.95. The van der Waals surface area contributed by atoms with Crippen LogP contribution in [-0.4, -0.2) is 45.9 Å². The third-order valence-corrected chi connectivity index (χ3v) is 4.67. The maximum atomic E-state index is 12.7. The molecule has 8 nitrogen and oxygen atoms in total. The highest BCUT2D eigenvalue weighted by Crippen LogP contribution is 2.25. The molecule has 1 aliphatic carbocycles. The van der Waals surface area contributed by atoms with Crippen molar-refractivity contribution in [1.82, 2.24) is 14.3 Å². The van der Waals surface area contributed by atoms with E-state index in [9.17, 15) is 9.59 Å². The minimum atomic E-state index is -0.339. The lowest BCUT2D eigenvalue weighted by Gasteiger charge is -2.12. The van der Waals surface area contributed by atoms with Gasteiger partial charge in [-0.05, 0) is 20.0 Å². The second-order valence-electron chi connectivity index (χ2n) is 5.97. The molecule has 1 aromatic heterocycles. The molecule has 1 aliphatic heterocycles. The number of nitrogens with two attached hydrogens (primary N) is 2. The second-order valence-corrected chi connectivity index (χ2v) is 6.35. The van der Waals surface area contributed by atoms with Crippen molar-refractivity contribution < 1.29 is 4.79 Å². The molecule has 4 N–H and O–H groups in total. The summed E-state index contributed by atoms with van der Waals surface area (Å²) in [7, 11) is 1.99. The van der Waals surface area contributed by atoms with Crippen molar-refractivity contribution in [3.8, 4) is 0 Å². The molecule has 3 rings (SSSR count). The highest BCUT2D eigenvalue weighted by atomic mass is 35.5. The fraction of sp³-hybridized carbons (Fsp3) is 0.400. The molecule has 0 radical (unpaired) electrons. The first-order valence-electron chi connectivity index (χ1n) is 7.56. The van der Waals surface area contributed by atoms with E-state index >= 15 is 0 Å². The highest BCUT2D eigenvalue weighted by molar-refractivity contribution is 6.49. The Balaban J connectivity index is 2.11. The second kappa shape index (κ2) is 5.95. The van der Waals surface area contributed by atoms with Gasteiger partial charge in [0.05, 0.1) is 24.5 Å². The first-order valence-corrected chi connectivity index (χ1v) is 7.94. The molecule has 0 atom stereocenters. The van der Waals surface area contributed by atoms with Gasteiger partial charge >= 0.3 is 0 Å². The Kier molecular flexibility index (Phi) is 4.10. The van der Waals surface area contributed by atoms with Gasteiger partial charge in [-0.3, -0.25) is 14.3 Å². The van der Waals surface area contributed by atoms with Crippen molar-refractivity contribution in [2.24, 2.45) is 10.7 Å². The number of nitrogens with zero attached hydrogens (tertiary/aromatic N) is 4. The number of aliphatic imine (C=N–C) groups is 1. The maximum absolute atomic E-state index is 12.7. The van der Waals surface area contributed by atoms with Crippen LogP contribution >= 0.6 is 11.6 Å². The molecule has 0 bridgehead atoms. The van der Waals surface area contributed by atoms with Crippen molar-refractivity contribution in [3.05, 3.63) is 32.7 Å². The summed E-state index contributed by atoms with van der Waals surface area (Å²) < 4.78 is 3.32. The third kappa shape index (κ3) is 2.57. The van der Waals surface area contributed by atoms with Crippen LogP contribution in [0.2, 0.25) is 0 Å². The molecule has 0 saturated heterocycles. The molecule has 9 heteroatoms. The van der Waals surface area contributed by atoms with Gasteiger partial charge in [0, 0.05) is 18.7 Å². The molecule has 0 fully saturated rings. The lowest BCUT2D eigenvalue weighted by molar-refractivity contribution is -0.111. The van der Waals surface area contributed by atoms with Crippen LogP contribution in [0.3, 0.4) is 0 Å². The molecule has 128 valence electrons. The zero-order valence-corrected chi connectivity index (χ0v) is 14.3. The molecule has 2 aliphatic rings. The number of hydrogen-bond acceptors (Lipinski definition) is 6. The number of rotatable bonds is 1. The quantitative estimate of drug-likeness (QED) is 0.702. The summed E-state index contributed by atoms with van der Waals surface area (Å²) in [5.41, 5.74) is 12.6. The van der Waals surface area contributed by atoms with Crippen molar-refractivity contribution in [3.63, 3.8) is 0 Å². The molecule has 0 saturated carbocycles. The van der Waals surface area contributed by atoms with E-state index in [1.165, 1.54) is 6.08 Å². The number of ketones is 1. The zero-order chi connectivity index (χ0) is 17.6. The topological polar surface area (TPSA) is 112 Å². The fourth-order valence-electron chi connectivity index (χ4n) is 2.77. The Morgan fingerprint density at radius 3 is 2.42 bits per heavy atom. The van der Waals surface area contributed by atoms with Gasteiger partial charge in [-0.15, -0.1) is 0 Å². The van der Waals surface area contributed by atoms with Gasteiger partial charge < -0.3 is 16.4 Å². The zero-order valence-electron chi connectivity index (χ0n) is 13.5. The van der Waals surface area contributed by atoms with E-state index in [0.717, 1.165) is 13.1 Å². The Hall–Kier alpha value is -2.32. The fourth-order valence-corrected chi connectivity index (χ4v) is 3.02. The summed E-state index contributed by atoms with van der Waals surface area (Å²) in [5, 5.41) is -0.0881. The van der Waals surface area contributed by atoms with E-state index in [1.807, 2.05) is 7.05 Å². The molecular formula is C15H19ClN6O2. The monoisotopic (exact) mass is 350 g/mol. The van der Waals surface area contributed by atoms with Gasteiger partial charge in [-0.2, -0.15) is 0 Å². The van der Waals surface area contributed by atoms with Gasteiger partial charge in [0.2, 0.25) is 5.78 Å². The number of anilines is 1. The van der Waals surface area contributed by atoms with E-state index < -0.39 is 0 Å². The summed E-state index contributed by atoms with van der Waals surface area (Å²) in [6.45, 7) is 4.29. The number of halogens is 1. The minimum absolute atomic E-state index is 0.0530. The largest absolute Gasteiger partial charge is 0.396 e. The van der Waals surface area contributed by atoms with Gasteiger partial charge in [0.1, 0.15) is 5.03 Å². The van der Waals surface area contributed by atoms with Crippen LogP contribution in [0.5, 0.6) is 0 Å². The standard InChI is InChI=1S/C15H19ClN6O2/c1-8-7-9(11(17)10(16)13(8)23)19-12-14(18)21-5-3-20(2)4-6-22(21)15(12)24/h7H,3-6,17-18H2,1-2H3. The smallest absolute Gasteiger partial charge is 0.294 e. The van der Waals surface area contributed by atoms with Crippen LogP contribution in [-0.2, 0) is 17.9 Å². The van der Waals surface area contributed by atoms with Crippen LogP contribution in [0.25, 0.3) is 0 Å². The summed E-state index contributed by atoms with van der Waals surface area (Å²) in [5.74, 6) is -0.0526. The number of carbonyl (C=O) groups excluding carboxylic acids is 1. The molecule has 0 amide bonds. The van der Waals surface area contributed by atoms with E-state index in [2.05, 4.69) is 9.89 Å². The average molecular weight is 351 g/mol. The Morgan fingerprint density at radius 1 is 1.12 bits per heavy atom. The van der Waals surface area contributed by atoms with E-state index in [-0.39, 0.29) is 39.3 Å². The Labute approximate surface area is 143 Å². The van der Waals surface area contributed by atoms with Crippen molar-refractivity contribution >= 4 is 34.6 Å². The number of allylic oxidation sites excluding steroid dienone is 3. The van der Waals surface area contributed by atoms with E-state index in [1.54, 1.807) is 16.3 Å².